The lowest BCUT2D eigenvalue weighted by atomic mass is 10.1. The molecule has 41 heavy (non-hydrogen) atoms. The minimum atomic E-state index is -4.17. The monoisotopic (exact) mass is 599 g/mol. The number of hydrogen-bond donors (Lipinski definition) is 1. The van der Waals surface area contributed by atoms with Gasteiger partial charge in [-0.3, -0.25) is 13.9 Å². The van der Waals surface area contributed by atoms with Crippen molar-refractivity contribution in [1.29, 1.82) is 0 Å². The molecule has 1 N–H and O–H groups in total. The van der Waals surface area contributed by atoms with Crippen LogP contribution >= 0.6 is 11.6 Å². The summed E-state index contributed by atoms with van der Waals surface area (Å²) >= 11 is 6.19. The number of anilines is 1. The lowest BCUT2D eigenvalue weighted by molar-refractivity contribution is -0.139. The summed E-state index contributed by atoms with van der Waals surface area (Å²) in [5.41, 5.74) is 1.99. The first-order valence-corrected chi connectivity index (χ1v) is 15.4. The highest BCUT2D eigenvalue weighted by atomic mass is 35.5. The highest BCUT2D eigenvalue weighted by Crippen LogP contribution is 2.26. The molecule has 0 saturated heterocycles. The normalized spacial score (nSPS) is 12.7. The minimum Gasteiger partial charge on any atom is -0.494 e. The van der Waals surface area contributed by atoms with Crippen molar-refractivity contribution in [2.45, 2.75) is 64.6 Å². The third-order valence-corrected chi connectivity index (χ3v) is 8.76. The van der Waals surface area contributed by atoms with Crippen molar-refractivity contribution >= 4 is 39.1 Å². The first kappa shape index (κ1) is 32.0. The van der Waals surface area contributed by atoms with E-state index in [-0.39, 0.29) is 23.4 Å². The van der Waals surface area contributed by atoms with E-state index in [0.717, 1.165) is 16.3 Å². The van der Waals surface area contributed by atoms with Crippen LogP contribution < -0.4 is 14.4 Å². The molecule has 2 amide bonds. The Kier molecular flexibility index (Phi) is 11.2. The molecule has 0 aliphatic heterocycles. The average Bonchev–Trinajstić information content (AvgIpc) is 2.95. The van der Waals surface area contributed by atoms with Gasteiger partial charge in [0.05, 0.1) is 17.2 Å². The summed E-state index contributed by atoms with van der Waals surface area (Å²) < 4.78 is 34.4. The van der Waals surface area contributed by atoms with Crippen LogP contribution in [-0.2, 0) is 26.2 Å². The molecule has 0 aromatic heterocycles. The molecule has 0 saturated carbocycles. The average molecular weight is 600 g/mol. The third kappa shape index (κ3) is 8.47. The van der Waals surface area contributed by atoms with Crippen LogP contribution in [0.15, 0.2) is 77.7 Å². The summed E-state index contributed by atoms with van der Waals surface area (Å²) in [5, 5.41) is 3.41. The summed E-state index contributed by atoms with van der Waals surface area (Å²) in [7, 11) is -4.17. The maximum absolute atomic E-state index is 14.0. The molecule has 0 aliphatic carbocycles. The number of halogens is 1. The Labute approximate surface area is 248 Å². The zero-order valence-corrected chi connectivity index (χ0v) is 25.7. The lowest BCUT2D eigenvalue weighted by Crippen LogP contribution is -2.52. The number of aryl methyl sites for hydroxylation is 1. The van der Waals surface area contributed by atoms with Gasteiger partial charge in [-0.2, -0.15) is 0 Å². The van der Waals surface area contributed by atoms with Gasteiger partial charge in [0.1, 0.15) is 18.3 Å². The molecule has 3 aromatic rings. The second-order valence-corrected chi connectivity index (χ2v) is 12.2. The zero-order chi connectivity index (χ0) is 30.2. The summed E-state index contributed by atoms with van der Waals surface area (Å²) in [6, 6.07) is 19.0. The molecule has 0 bridgehead atoms. The van der Waals surface area contributed by atoms with Gasteiger partial charge in [0.2, 0.25) is 11.8 Å². The van der Waals surface area contributed by atoms with E-state index in [1.807, 2.05) is 27.7 Å². The Morgan fingerprint density at radius 3 is 2.22 bits per heavy atom. The van der Waals surface area contributed by atoms with Crippen LogP contribution in [-0.4, -0.2) is 50.4 Å². The molecule has 0 spiro atoms. The number of nitrogens with zero attached hydrogens (tertiary/aromatic N) is 2. The summed E-state index contributed by atoms with van der Waals surface area (Å²) in [6.07, 6.45) is 0.724. The van der Waals surface area contributed by atoms with Crippen molar-refractivity contribution in [1.82, 2.24) is 10.2 Å². The minimum absolute atomic E-state index is 0.0123. The van der Waals surface area contributed by atoms with Crippen molar-refractivity contribution in [3.8, 4) is 5.75 Å². The number of benzene rings is 3. The number of amides is 2. The smallest absolute Gasteiger partial charge is 0.264 e. The molecule has 0 radical (unpaired) electrons. The van der Waals surface area contributed by atoms with Crippen molar-refractivity contribution in [2.24, 2.45) is 0 Å². The first-order chi connectivity index (χ1) is 19.5. The Bertz CT molecular complexity index is 1430. The zero-order valence-electron chi connectivity index (χ0n) is 24.1. The number of nitrogens with one attached hydrogen (secondary N) is 1. The van der Waals surface area contributed by atoms with Gasteiger partial charge in [0.15, 0.2) is 0 Å². The van der Waals surface area contributed by atoms with E-state index in [1.165, 1.54) is 17.0 Å². The second kappa shape index (κ2) is 14.4. The Hall–Kier alpha value is -3.56. The lowest BCUT2D eigenvalue weighted by Gasteiger charge is -2.32. The highest BCUT2D eigenvalue weighted by Gasteiger charge is 2.32. The SMILES string of the molecule is CCOc1ccc(S(=O)(=O)N(CC(=O)N(Cc2cccc(Cl)c2)[C@@H](C)C(=O)N[C@@H](C)CC)c2ccc(C)cc2)cc1. The van der Waals surface area contributed by atoms with E-state index in [4.69, 9.17) is 16.3 Å². The number of sulfonamides is 1. The Morgan fingerprint density at radius 2 is 1.63 bits per heavy atom. The number of carbonyl (C=O) groups is 2. The van der Waals surface area contributed by atoms with E-state index in [9.17, 15) is 18.0 Å². The topological polar surface area (TPSA) is 96.0 Å². The second-order valence-electron chi connectivity index (χ2n) is 9.90. The van der Waals surface area contributed by atoms with Crippen LogP contribution in [0.3, 0.4) is 0 Å². The Balaban J connectivity index is 2.01. The predicted octanol–water partition coefficient (Wildman–Crippen LogP) is 5.57. The maximum Gasteiger partial charge on any atom is 0.264 e. The largest absolute Gasteiger partial charge is 0.494 e. The van der Waals surface area contributed by atoms with Crippen LogP contribution in [0.4, 0.5) is 5.69 Å². The van der Waals surface area contributed by atoms with Crippen molar-refractivity contribution in [3.63, 3.8) is 0 Å². The van der Waals surface area contributed by atoms with Gasteiger partial charge >= 0.3 is 0 Å². The summed E-state index contributed by atoms with van der Waals surface area (Å²) in [5.74, 6) is -0.323. The van der Waals surface area contributed by atoms with Crippen LogP contribution in [0, 0.1) is 6.92 Å². The van der Waals surface area contributed by atoms with Gasteiger partial charge in [0, 0.05) is 17.6 Å². The molecule has 0 fully saturated rings. The van der Waals surface area contributed by atoms with Gasteiger partial charge in [-0.1, -0.05) is 48.4 Å². The highest BCUT2D eigenvalue weighted by molar-refractivity contribution is 7.92. The van der Waals surface area contributed by atoms with E-state index < -0.39 is 28.5 Å². The van der Waals surface area contributed by atoms with Crippen LogP contribution in [0.25, 0.3) is 0 Å². The number of carbonyl (C=O) groups excluding carboxylic acids is 2. The molecular weight excluding hydrogens is 562 g/mol. The van der Waals surface area contributed by atoms with Gasteiger partial charge in [-0.15, -0.1) is 0 Å². The molecule has 3 aromatic carbocycles. The van der Waals surface area contributed by atoms with Crippen LogP contribution in [0.5, 0.6) is 5.75 Å². The van der Waals surface area contributed by atoms with E-state index in [2.05, 4.69) is 5.32 Å². The fourth-order valence-electron chi connectivity index (χ4n) is 4.12. The molecule has 0 heterocycles. The third-order valence-electron chi connectivity index (χ3n) is 6.73. The number of rotatable bonds is 13. The predicted molar refractivity (Wildman–Crippen MR) is 163 cm³/mol. The molecule has 0 unspecified atom stereocenters. The molecule has 3 rings (SSSR count). The van der Waals surface area contributed by atoms with Crippen molar-refractivity contribution < 1.29 is 22.7 Å². The molecule has 220 valence electrons. The first-order valence-electron chi connectivity index (χ1n) is 13.6. The number of hydrogen-bond acceptors (Lipinski definition) is 5. The van der Waals surface area contributed by atoms with E-state index >= 15 is 0 Å². The van der Waals surface area contributed by atoms with E-state index in [1.54, 1.807) is 67.6 Å². The van der Waals surface area contributed by atoms with Crippen molar-refractivity contribution in [3.05, 3.63) is 88.9 Å². The van der Waals surface area contributed by atoms with Crippen LogP contribution in [0.1, 0.15) is 45.2 Å². The Morgan fingerprint density at radius 1 is 0.976 bits per heavy atom. The van der Waals surface area contributed by atoms with Gasteiger partial charge < -0.3 is 15.0 Å². The molecule has 8 nitrogen and oxygen atoms in total. The van der Waals surface area contributed by atoms with Crippen molar-refractivity contribution in [2.75, 3.05) is 17.5 Å². The van der Waals surface area contributed by atoms with Crippen LogP contribution in [0.2, 0.25) is 5.02 Å². The molecular formula is C31H38ClN3O5S. The fraction of sp³-hybridized carbons (Fsp3) is 0.355. The quantitative estimate of drug-likeness (QED) is 0.277. The molecule has 0 aliphatic rings. The molecule has 10 heteroatoms. The summed E-state index contributed by atoms with van der Waals surface area (Å²) in [4.78, 5) is 28.5. The number of ether oxygens (including phenoxy) is 1. The van der Waals surface area contributed by atoms with Gasteiger partial charge in [-0.25, -0.2) is 8.42 Å². The van der Waals surface area contributed by atoms with Gasteiger partial charge in [0.25, 0.3) is 10.0 Å². The summed E-state index contributed by atoms with van der Waals surface area (Å²) in [6.45, 7) is 9.21. The van der Waals surface area contributed by atoms with Gasteiger partial charge in [-0.05, 0) is 88.2 Å². The maximum atomic E-state index is 14.0. The van der Waals surface area contributed by atoms with E-state index in [0.29, 0.717) is 28.6 Å². The standard InChI is InChI=1S/C31H38ClN3O5S/c1-6-23(4)33-31(37)24(5)34(20-25-9-8-10-26(32)19-25)30(36)21-35(27-13-11-22(3)12-14-27)41(38,39)29-17-15-28(16-18-29)40-7-2/h8-19,23-24H,6-7,20-21H2,1-5H3,(H,33,37)/t23-,24-/m0/s1. The molecule has 2 atom stereocenters. The fourth-order valence-corrected chi connectivity index (χ4v) is 5.75.